The molecular weight excluding hydrogens is 390 g/mol. The fourth-order valence-electron chi connectivity index (χ4n) is 3.92. The molecule has 7 heteroatoms. The molecule has 162 valence electrons. The summed E-state index contributed by atoms with van der Waals surface area (Å²) in [5.74, 6) is 0. The highest BCUT2D eigenvalue weighted by atomic mass is 16.5. The maximum absolute atomic E-state index is 12.5. The fourth-order valence-corrected chi connectivity index (χ4v) is 3.92. The van der Waals surface area contributed by atoms with Gasteiger partial charge in [-0.1, -0.05) is 30.3 Å². The molecule has 2 amide bonds. The quantitative estimate of drug-likeness (QED) is 0.637. The molecule has 0 saturated carbocycles. The first-order chi connectivity index (χ1) is 15.1. The summed E-state index contributed by atoms with van der Waals surface area (Å²) < 4.78 is 7.68. The first kappa shape index (κ1) is 20.9. The van der Waals surface area contributed by atoms with Crippen LogP contribution in [0.5, 0.6) is 0 Å². The van der Waals surface area contributed by atoms with Gasteiger partial charge in [-0.3, -0.25) is 0 Å². The summed E-state index contributed by atoms with van der Waals surface area (Å²) in [5, 5.41) is 10.5. The molecule has 2 N–H and O–H groups in total. The lowest BCUT2D eigenvalue weighted by Crippen LogP contribution is -2.45. The fraction of sp³-hybridized carbons (Fsp3) is 0.333. The van der Waals surface area contributed by atoms with Gasteiger partial charge in [0.1, 0.15) is 0 Å². The van der Waals surface area contributed by atoms with Crippen molar-refractivity contribution in [3.8, 4) is 5.69 Å². The molecule has 1 aliphatic rings. The van der Waals surface area contributed by atoms with E-state index in [-0.39, 0.29) is 18.2 Å². The first-order valence-corrected chi connectivity index (χ1v) is 10.7. The molecule has 3 aromatic rings. The Balaban J connectivity index is 1.31. The molecule has 2 atom stereocenters. The number of carbonyl (C=O) groups excluding carboxylic acids is 1. The van der Waals surface area contributed by atoms with E-state index in [1.165, 1.54) is 0 Å². The minimum absolute atomic E-state index is 0.154. The number of ether oxygens (including phenoxy) is 1. The summed E-state index contributed by atoms with van der Waals surface area (Å²) in [4.78, 5) is 14.8. The Morgan fingerprint density at radius 1 is 1.03 bits per heavy atom. The summed E-state index contributed by atoms with van der Waals surface area (Å²) in [5.41, 5.74) is 3.76. The van der Waals surface area contributed by atoms with Gasteiger partial charge in [-0.2, -0.15) is 5.10 Å². The Morgan fingerprint density at radius 2 is 1.74 bits per heavy atom. The number of urea groups is 1. The summed E-state index contributed by atoms with van der Waals surface area (Å²) in [6.07, 6.45) is 2.90. The number of amides is 2. The van der Waals surface area contributed by atoms with Crippen LogP contribution in [0.4, 0.5) is 16.2 Å². The van der Waals surface area contributed by atoms with Crippen molar-refractivity contribution in [3.63, 3.8) is 0 Å². The number of benzene rings is 2. The minimum Gasteiger partial charge on any atom is -0.372 e. The molecule has 31 heavy (non-hydrogen) atoms. The molecule has 2 unspecified atom stereocenters. The van der Waals surface area contributed by atoms with Crippen LogP contribution in [0, 0.1) is 0 Å². The van der Waals surface area contributed by atoms with Gasteiger partial charge in [0, 0.05) is 32.3 Å². The first-order valence-electron chi connectivity index (χ1n) is 10.7. The van der Waals surface area contributed by atoms with E-state index >= 15 is 0 Å². The van der Waals surface area contributed by atoms with E-state index in [0.29, 0.717) is 13.0 Å². The average molecular weight is 420 g/mol. The van der Waals surface area contributed by atoms with Crippen molar-refractivity contribution in [2.24, 2.45) is 0 Å². The Labute approximate surface area is 183 Å². The smallest absolute Gasteiger partial charge is 0.319 e. The Morgan fingerprint density at radius 3 is 2.52 bits per heavy atom. The van der Waals surface area contributed by atoms with E-state index in [9.17, 15) is 4.79 Å². The van der Waals surface area contributed by atoms with Crippen LogP contribution in [-0.2, 0) is 11.2 Å². The third-order valence-corrected chi connectivity index (χ3v) is 5.24. The maximum atomic E-state index is 12.5. The molecule has 0 spiro atoms. The molecule has 1 aliphatic heterocycles. The monoisotopic (exact) mass is 419 g/mol. The van der Waals surface area contributed by atoms with Crippen LogP contribution in [0.15, 0.2) is 66.9 Å². The zero-order valence-corrected chi connectivity index (χ0v) is 18.0. The van der Waals surface area contributed by atoms with Gasteiger partial charge in [0.05, 0.1) is 35.0 Å². The van der Waals surface area contributed by atoms with E-state index in [1.54, 1.807) is 0 Å². The number of aromatic nitrogens is 2. The highest BCUT2D eigenvalue weighted by molar-refractivity contribution is 5.93. The van der Waals surface area contributed by atoms with E-state index in [1.807, 2.05) is 71.5 Å². The number of nitrogens with zero attached hydrogens (tertiary/aromatic N) is 3. The molecule has 2 aromatic carbocycles. The lowest BCUT2D eigenvalue weighted by atomic mass is 10.1. The van der Waals surface area contributed by atoms with Gasteiger partial charge in [0.25, 0.3) is 0 Å². The maximum Gasteiger partial charge on any atom is 0.319 e. The van der Waals surface area contributed by atoms with Crippen LogP contribution in [-0.4, -0.2) is 47.7 Å². The number of anilines is 2. The molecule has 1 saturated heterocycles. The number of hydrogen-bond acceptors (Lipinski definition) is 4. The molecule has 4 rings (SSSR count). The number of morpholine rings is 1. The molecule has 0 bridgehead atoms. The number of rotatable bonds is 6. The van der Waals surface area contributed by atoms with E-state index in [4.69, 9.17) is 4.74 Å². The van der Waals surface area contributed by atoms with Gasteiger partial charge in [-0.15, -0.1) is 0 Å². The van der Waals surface area contributed by atoms with Gasteiger partial charge in [0.2, 0.25) is 0 Å². The van der Waals surface area contributed by atoms with Crippen molar-refractivity contribution >= 4 is 17.4 Å². The van der Waals surface area contributed by atoms with Crippen LogP contribution in [0.25, 0.3) is 5.69 Å². The second kappa shape index (κ2) is 9.66. The summed E-state index contributed by atoms with van der Waals surface area (Å²) >= 11 is 0. The summed E-state index contributed by atoms with van der Waals surface area (Å²) in [7, 11) is 0. The number of para-hydroxylation sites is 3. The molecule has 7 nitrogen and oxygen atoms in total. The van der Waals surface area contributed by atoms with Crippen molar-refractivity contribution in [2.75, 3.05) is 29.9 Å². The van der Waals surface area contributed by atoms with E-state index in [2.05, 4.69) is 34.5 Å². The lowest BCUT2D eigenvalue weighted by Gasteiger charge is -2.37. The predicted molar refractivity (Wildman–Crippen MR) is 123 cm³/mol. The van der Waals surface area contributed by atoms with Gasteiger partial charge < -0.3 is 20.3 Å². The third kappa shape index (κ3) is 5.44. The Bertz CT molecular complexity index is 994. The zero-order chi connectivity index (χ0) is 21.6. The molecule has 0 radical (unpaired) electrons. The molecule has 0 aliphatic carbocycles. The number of hydrogen-bond donors (Lipinski definition) is 2. The van der Waals surface area contributed by atoms with Crippen molar-refractivity contribution in [1.29, 1.82) is 0 Å². The second-order valence-corrected chi connectivity index (χ2v) is 7.90. The van der Waals surface area contributed by atoms with Crippen LogP contribution < -0.4 is 15.5 Å². The summed E-state index contributed by atoms with van der Waals surface area (Å²) in [6, 6.07) is 19.6. The van der Waals surface area contributed by atoms with Gasteiger partial charge >= 0.3 is 6.03 Å². The molecule has 2 heterocycles. The van der Waals surface area contributed by atoms with E-state index < -0.39 is 0 Å². The number of carbonyl (C=O) groups is 1. The molecular formula is C24H29N5O2. The largest absolute Gasteiger partial charge is 0.372 e. The number of nitrogens with one attached hydrogen (secondary N) is 2. The molecule has 1 aromatic heterocycles. The van der Waals surface area contributed by atoms with Crippen molar-refractivity contribution in [1.82, 2.24) is 15.1 Å². The van der Waals surface area contributed by atoms with Crippen LogP contribution >= 0.6 is 0 Å². The van der Waals surface area contributed by atoms with Gasteiger partial charge in [-0.05, 0) is 44.2 Å². The SMILES string of the molecule is CC1CN(c2ccccc2NC(=O)NCCc2ccn(-c3ccccc3)n2)CC(C)O1. The average Bonchev–Trinajstić information content (AvgIpc) is 3.23. The highest BCUT2D eigenvalue weighted by Crippen LogP contribution is 2.28. The van der Waals surface area contributed by atoms with Crippen molar-refractivity contribution in [2.45, 2.75) is 32.5 Å². The van der Waals surface area contributed by atoms with Crippen molar-refractivity contribution in [3.05, 3.63) is 72.6 Å². The Kier molecular flexibility index (Phi) is 6.52. The van der Waals surface area contributed by atoms with Gasteiger partial charge in [0.15, 0.2) is 0 Å². The highest BCUT2D eigenvalue weighted by Gasteiger charge is 2.24. The zero-order valence-electron chi connectivity index (χ0n) is 18.0. The second-order valence-electron chi connectivity index (χ2n) is 7.90. The lowest BCUT2D eigenvalue weighted by molar-refractivity contribution is -0.00517. The minimum atomic E-state index is -0.218. The van der Waals surface area contributed by atoms with Gasteiger partial charge in [-0.25, -0.2) is 9.48 Å². The van der Waals surface area contributed by atoms with E-state index in [0.717, 1.165) is 35.8 Å². The molecule has 1 fully saturated rings. The van der Waals surface area contributed by atoms with Crippen LogP contribution in [0.3, 0.4) is 0 Å². The topological polar surface area (TPSA) is 71.4 Å². The van der Waals surface area contributed by atoms with Crippen LogP contribution in [0.2, 0.25) is 0 Å². The standard InChI is InChI=1S/C24H29N5O2/c1-18-16-28(17-19(2)31-18)23-11-7-6-10-22(23)26-24(30)25-14-12-20-13-15-29(27-20)21-8-4-3-5-9-21/h3-11,13,15,18-19H,12,14,16-17H2,1-2H3,(H2,25,26,30). The normalized spacial score (nSPS) is 18.6. The third-order valence-electron chi connectivity index (χ3n) is 5.24. The van der Waals surface area contributed by atoms with Crippen molar-refractivity contribution < 1.29 is 9.53 Å². The predicted octanol–water partition coefficient (Wildman–Crippen LogP) is 3.85. The Hall–Kier alpha value is -3.32. The summed E-state index contributed by atoms with van der Waals surface area (Å²) in [6.45, 7) is 6.25. The van der Waals surface area contributed by atoms with Crippen LogP contribution in [0.1, 0.15) is 19.5 Å².